The van der Waals surface area contributed by atoms with Crippen molar-refractivity contribution in [2.45, 2.75) is 19.0 Å². The van der Waals surface area contributed by atoms with Crippen molar-refractivity contribution >= 4 is 12.4 Å². The Labute approximate surface area is 79.9 Å². The Morgan fingerprint density at radius 3 is 2.42 bits per heavy atom. The summed E-state index contributed by atoms with van der Waals surface area (Å²) in [4.78, 5) is 2.53. The van der Waals surface area contributed by atoms with Crippen molar-refractivity contribution in [3.8, 4) is 0 Å². The van der Waals surface area contributed by atoms with Crippen molar-refractivity contribution in [2.75, 3.05) is 32.8 Å². The fraction of sp³-hybridized carbons (Fsp3) is 1.00. The van der Waals surface area contributed by atoms with E-state index in [0.29, 0.717) is 6.04 Å². The number of nitrogens with one attached hydrogen (secondary N) is 1. The second-order valence-electron chi connectivity index (χ2n) is 3.41. The maximum Gasteiger partial charge on any atom is 0.0594 e. The van der Waals surface area contributed by atoms with Crippen LogP contribution >= 0.6 is 12.4 Å². The summed E-state index contributed by atoms with van der Waals surface area (Å²) < 4.78 is 5.29. The minimum Gasteiger partial charge on any atom is -0.379 e. The van der Waals surface area contributed by atoms with Gasteiger partial charge in [0, 0.05) is 31.7 Å². The molecule has 0 saturated carbocycles. The Morgan fingerprint density at radius 2 is 2.00 bits per heavy atom. The molecule has 0 bridgehead atoms. The molecule has 3 nitrogen and oxygen atoms in total. The highest BCUT2D eigenvalue weighted by molar-refractivity contribution is 5.85. The number of nitrogens with zero attached hydrogens (tertiary/aromatic N) is 1. The summed E-state index contributed by atoms with van der Waals surface area (Å²) in [5, 5.41) is 3.37. The summed E-state index contributed by atoms with van der Waals surface area (Å²) in [7, 11) is 0. The molecule has 0 aromatic carbocycles. The summed E-state index contributed by atoms with van der Waals surface area (Å²) in [5.74, 6) is 0. The van der Waals surface area contributed by atoms with E-state index in [1.807, 2.05) is 0 Å². The van der Waals surface area contributed by atoms with E-state index >= 15 is 0 Å². The van der Waals surface area contributed by atoms with Crippen LogP contribution in [0.15, 0.2) is 0 Å². The van der Waals surface area contributed by atoms with Crippen LogP contribution in [0.4, 0.5) is 0 Å². The zero-order chi connectivity index (χ0) is 7.68. The Morgan fingerprint density at radius 1 is 1.33 bits per heavy atom. The first-order valence-electron chi connectivity index (χ1n) is 4.43. The Bertz CT molecular complexity index is 139. The molecule has 12 heavy (non-hydrogen) atoms. The van der Waals surface area contributed by atoms with Gasteiger partial charge in [-0.05, 0) is 6.92 Å². The highest BCUT2D eigenvalue weighted by Crippen LogP contribution is 2.13. The van der Waals surface area contributed by atoms with Gasteiger partial charge in [0.15, 0.2) is 0 Å². The second kappa shape index (κ2) is 4.42. The highest BCUT2D eigenvalue weighted by atomic mass is 35.5. The molecule has 2 aliphatic heterocycles. The molecule has 2 aliphatic rings. The van der Waals surface area contributed by atoms with Gasteiger partial charge in [0.2, 0.25) is 0 Å². The lowest BCUT2D eigenvalue weighted by molar-refractivity contribution is -0.00777. The lowest BCUT2D eigenvalue weighted by Crippen LogP contribution is -2.65. The number of rotatable bonds is 1. The summed E-state index contributed by atoms with van der Waals surface area (Å²) >= 11 is 0. The van der Waals surface area contributed by atoms with E-state index in [1.165, 1.54) is 6.54 Å². The molecule has 0 aromatic heterocycles. The molecule has 2 heterocycles. The average molecular weight is 193 g/mol. The maximum atomic E-state index is 5.29. The largest absolute Gasteiger partial charge is 0.379 e. The minimum absolute atomic E-state index is 0. The van der Waals surface area contributed by atoms with Crippen LogP contribution in [0, 0.1) is 0 Å². The van der Waals surface area contributed by atoms with Gasteiger partial charge in [-0.15, -0.1) is 12.4 Å². The normalized spacial score (nSPS) is 36.8. The van der Waals surface area contributed by atoms with Crippen molar-refractivity contribution in [1.29, 1.82) is 0 Å². The number of hydrogen-bond donors (Lipinski definition) is 1. The van der Waals surface area contributed by atoms with Crippen LogP contribution < -0.4 is 5.32 Å². The summed E-state index contributed by atoms with van der Waals surface area (Å²) in [6.07, 6.45) is 0. The number of halogens is 1. The molecular formula is C8H17ClN2O. The fourth-order valence-electron chi connectivity index (χ4n) is 1.81. The Hall–Kier alpha value is 0.170. The molecule has 0 unspecified atom stereocenters. The molecular weight excluding hydrogens is 176 g/mol. The molecule has 0 amide bonds. The van der Waals surface area contributed by atoms with Gasteiger partial charge in [0.25, 0.3) is 0 Å². The fourth-order valence-corrected chi connectivity index (χ4v) is 1.81. The zero-order valence-corrected chi connectivity index (χ0v) is 8.27. The lowest BCUT2D eigenvalue weighted by Gasteiger charge is -2.45. The third-order valence-corrected chi connectivity index (χ3v) is 2.74. The van der Waals surface area contributed by atoms with Gasteiger partial charge in [-0.1, -0.05) is 0 Å². The van der Waals surface area contributed by atoms with Crippen LogP contribution in [0.3, 0.4) is 0 Å². The third-order valence-electron chi connectivity index (χ3n) is 2.74. The number of ether oxygens (including phenoxy) is 1. The molecule has 4 heteroatoms. The SMILES string of the molecule is C[C@H]1NC[C@@H]1N1CCOCC1.Cl. The van der Waals surface area contributed by atoms with Crippen LogP contribution in [0.1, 0.15) is 6.92 Å². The lowest BCUT2D eigenvalue weighted by atomic mass is 10.0. The molecule has 2 atom stereocenters. The van der Waals surface area contributed by atoms with Gasteiger partial charge in [0.05, 0.1) is 13.2 Å². The van der Waals surface area contributed by atoms with Crippen LogP contribution in [-0.2, 0) is 4.74 Å². The van der Waals surface area contributed by atoms with E-state index in [0.717, 1.165) is 32.3 Å². The smallest absolute Gasteiger partial charge is 0.0594 e. The van der Waals surface area contributed by atoms with Gasteiger partial charge >= 0.3 is 0 Å². The standard InChI is InChI=1S/C8H16N2O.ClH/c1-7-8(6-9-7)10-2-4-11-5-3-10;/h7-9H,2-6H2,1H3;1H/t7-,8+;/m1./s1. The van der Waals surface area contributed by atoms with Crippen molar-refractivity contribution in [3.05, 3.63) is 0 Å². The number of morpholine rings is 1. The van der Waals surface area contributed by atoms with Gasteiger partial charge in [-0.3, -0.25) is 4.90 Å². The van der Waals surface area contributed by atoms with Gasteiger partial charge < -0.3 is 10.1 Å². The molecule has 1 N–H and O–H groups in total. The summed E-state index contributed by atoms with van der Waals surface area (Å²) in [6, 6.07) is 1.46. The van der Waals surface area contributed by atoms with E-state index in [1.54, 1.807) is 0 Å². The van der Waals surface area contributed by atoms with Crippen molar-refractivity contribution in [1.82, 2.24) is 10.2 Å². The summed E-state index contributed by atoms with van der Waals surface area (Å²) in [5.41, 5.74) is 0. The Kier molecular flexibility index (Phi) is 3.77. The first-order valence-corrected chi connectivity index (χ1v) is 4.43. The van der Waals surface area contributed by atoms with E-state index in [9.17, 15) is 0 Å². The Balaban J connectivity index is 0.000000720. The topological polar surface area (TPSA) is 24.5 Å². The van der Waals surface area contributed by atoms with E-state index in [4.69, 9.17) is 4.74 Å². The predicted octanol–water partition coefficient (Wildman–Crippen LogP) is 0.101. The first-order chi connectivity index (χ1) is 5.38. The average Bonchev–Trinajstić information content (AvgIpc) is 2.04. The molecule has 2 rings (SSSR count). The van der Waals surface area contributed by atoms with Crippen molar-refractivity contribution in [3.63, 3.8) is 0 Å². The highest BCUT2D eigenvalue weighted by Gasteiger charge is 2.32. The van der Waals surface area contributed by atoms with E-state index < -0.39 is 0 Å². The molecule has 0 aliphatic carbocycles. The number of hydrogen-bond acceptors (Lipinski definition) is 3. The minimum atomic E-state index is 0. The molecule has 0 aromatic rings. The first kappa shape index (κ1) is 10.3. The molecule has 2 saturated heterocycles. The molecule has 0 radical (unpaired) electrons. The monoisotopic (exact) mass is 192 g/mol. The van der Waals surface area contributed by atoms with Crippen molar-refractivity contribution in [2.24, 2.45) is 0 Å². The van der Waals surface area contributed by atoms with Crippen LogP contribution in [0.25, 0.3) is 0 Å². The van der Waals surface area contributed by atoms with Crippen LogP contribution in [-0.4, -0.2) is 49.8 Å². The van der Waals surface area contributed by atoms with Gasteiger partial charge in [0.1, 0.15) is 0 Å². The van der Waals surface area contributed by atoms with Crippen LogP contribution in [0.2, 0.25) is 0 Å². The molecule has 0 spiro atoms. The predicted molar refractivity (Wildman–Crippen MR) is 50.9 cm³/mol. The van der Waals surface area contributed by atoms with Crippen molar-refractivity contribution < 1.29 is 4.74 Å². The second-order valence-corrected chi connectivity index (χ2v) is 3.41. The molecule has 2 fully saturated rings. The van der Waals surface area contributed by atoms with Gasteiger partial charge in [-0.25, -0.2) is 0 Å². The van der Waals surface area contributed by atoms with Gasteiger partial charge in [-0.2, -0.15) is 0 Å². The quantitative estimate of drug-likeness (QED) is 0.638. The maximum absolute atomic E-state index is 5.29. The molecule has 72 valence electrons. The van der Waals surface area contributed by atoms with Crippen LogP contribution in [0.5, 0.6) is 0 Å². The van der Waals surface area contributed by atoms with E-state index in [2.05, 4.69) is 17.1 Å². The zero-order valence-electron chi connectivity index (χ0n) is 7.45. The third kappa shape index (κ3) is 1.91. The summed E-state index contributed by atoms with van der Waals surface area (Å²) in [6.45, 7) is 7.50. The van der Waals surface area contributed by atoms with E-state index in [-0.39, 0.29) is 12.4 Å².